The van der Waals surface area contributed by atoms with Crippen molar-refractivity contribution in [3.8, 4) is 0 Å². The number of halogens is 2. The molecule has 7 heteroatoms. The number of benzene rings is 2. The Morgan fingerprint density at radius 3 is 1.82 bits per heavy atom. The Morgan fingerprint density at radius 1 is 1.05 bits per heavy atom. The van der Waals surface area contributed by atoms with Crippen LogP contribution in [0.5, 0.6) is 0 Å². The van der Waals surface area contributed by atoms with Gasteiger partial charge in [-0.15, -0.1) is 0 Å². The molecule has 0 unspecified atom stereocenters. The number of hydrogen-bond acceptors (Lipinski definition) is 4. The lowest BCUT2D eigenvalue weighted by Crippen LogP contribution is -2.49. The fraction of sp³-hybridized carbons (Fsp3) is 0.133. The maximum Gasteiger partial charge on any atom is 0.429 e. The summed E-state index contributed by atoms with van der Waals surface area (Å²) in [6.45, 7) is -0.792. The third-order valence-electron chi connectivity index (χ3n) is 3.08. The van der Waals surface area contributed by atoms with Crippen molar-refractivity contribution in [1.82, 2.24) is 0 Å². The van der Waals surface area contributed by atoms with E-state index in [0.29, 0.717) is 10.9 Å². The van der Waals surface area contributed by atoms with Gasteiger partial charge in [0.15, 0.2) is 0 Å². The number of nitrogens with two attached hydrogens (primary N) is 1. The van der Waals surface area contributed by atoms with E-state index < -0.39 is 30.6 Å². The average Bonchev–Trinajstić information content (AvgIpc) is 2.53. The van der Waals surface area contributed by atoms with E-state index in [-0.39, 0.29) is 5.75 Å². The van der Waals surface area contributed by atoms with Gasteiger partial charge in [-0.1, -0.05) is 24.3 Å². The van der Waals surface area contributed by atoms with Gasteiger partial charge in [-0.25, -0.2) is 8.78 Å². The zero-order valence-electron chi connectivity index (χ0n) is 11.6. The van der Waals surface area contributed by atoms with E-state index in [1.165, 1.54) is 48.5 Å². The van der Waals surface area contributed by atoms with Crippen LogP contribution >= 0.6 is 12.6 Å². The van der Waals surface area contributed by atoms with Crippen LogP contribution in [0, 0.1) is 11.6 Å². The predicted molar refractivity (Wildman–Crippen MR) is 85.7 cm³/mol. The Balaban J connectivity index is 2.33. The average molecular weight is 321 g/mol. The molecule has 3 nitrogen and oxygen atoms in total. The zero-order chi connectivity index (χ0) is 16.1. The lowest BCUT2D eigenvalue weighted by molar-refractivity contribution is -0.135. The van der Waals surface area contributed by atoms with Gasteiger partial charge in [0.05, 0.1) is 0 Å². The highest BCUT2D eigenvalue weighted by atomic mass is 32.1. The summed E-state index contributed by atoms with van der Waals surface area (Å²) >= 11 is 3.95. The largest absolute Gasteiger partial charge is 0.525 e. The van der Waals surface area contributed by atoms with Gasteiger partial charge in [0.2, 0.25) is 0 Å². The molecule has 0 heterocycles. The summed E-state index contributed by atoms with van der Waals surface area (Å²) in [6.07, 6.45) is 0. The predicted octanol–water partition coefficient (Wildman–Crippen LogP) is 0.871. The second-order valence-electron chi connectivity index (χ2n) is 4.71. The summed E-state index contributed by atoms with van der Waals surface area (Å²) in [5, 5.41) is 0. The molecule has 1 atom stereocenters. The highest BCUT2D eigenvalue weighted by Crippen LogP contribution is 2.01. The fourth-order valence-corrected chi connectivity index (χ4v) is 2.03. The van der Waals surface area contributed by atoms with Gasteiger partial charge in [0, 0.05) is 5.75 Å². The lowest BCUT2D eigenvalue weighted by Gasteiger charge is -2.17. The first-order chi connectivity index (χ1) is 10.5. The van der Waals surface area contributed by atoms with Gasteiger partial charge >= 0.3 is 12.9 Å². The molecule has 0 radical (unpaired) electrons. The summed E-state index contributed by atoms with van der Waals surface area (Å²) in [5.41, 5.74) is 6.72. The molecule has 0 spiro atoms. The number of carbonyl (C=O) groups is 1. The van der Waals surface area contributed by atoms with Crippen LogP contribution in [-0.2, 0) is 9.45 Å². The topological polar surface area (TPSA) is 52.3 Å². The SMILES string of the molecule is N[C@@H](CS)C(=O)OB(c1ccc(F)cc1)c1ccc(F)cc1. The number of thiol groups is 1. The minimum atomic E-state index is -0.869. The van der Waals surface area contributed by atoms with Crippen molar-refractivity contribution in [3.05, 3.63) is 60.2 Å². The first-order valence-corrected chi connectivity index (χ1v) is 7.22. The molecule has 0 fully saturated rings. The van der Waals surface area contributed by atoms with Crippen molar-refractivity contribution in [1.29, 1.82) is 0 Å². The molecule has 2 N–H and O–H groups in total. The number of carbonyl (C=O) groups excluding carboxylic acids is 1. The molecule has 2 rings (SSSR count). The summed E-state index contributed by atoms with van der Waals surface area (Å²) in [4.78, 5) is 11.9. The Labute approximate surface area is 133 Å². The van der Waals surface area contributed by atoms with Crippen molar-refractivity contribution < 1.29 is 18.2 Å². The maximum absolute atomic E-state index is 13.1. The Hall–Kier alpha value is -1.86. The molecule has 0 aliphatic carbocycles. The Morgan fingerprint density at radius 2 is 1.45 bits per heavy atom. The van der Waals surface area contributed by atoms with Crippen LogP contribution in [0.3, 0.4) is 0 Å². The van der Waals surface area contributed by atoms with Crippen molar-refractivity contribution in [2.75, 3.05) is 5.75 Å². The van der Waals surface area contributed by atoms with Gasteiger partial charge in [-0.05, 0) is 35.2 Å². The first kappa shape index (κ1) is 16.5. The van der Waals surface area contributed by atoms with Crippen LogP contribution in [-0.4, -0.2) is 24.7 Å². The minimum absolute atomic E-state index is 0.137. The Bertz CT molecular complexity index is 591. The van der Waals surface area contributed by atoms with Crippen LogP contribution in [0.25, 0.3) is 0 Å². The molecule has 114 valence electrons. The van der Waals surface area contributed by atoms with Crippen LogP contribution in [0.4, 0.5) is 8.78 Å². The lowest BCUT2D eigenvalue weighted by atomic mass is 9.55. The molecule has 2 aromatic rings. The molecule has 0 saturated carbocycles. The molecule has 0 aliphatic rings. The van der Waals surface area contributed by atoms with Crippen molar-refractivity contribution in [2.24, 2.45) is 5.73 Å². The molecule has 0 saturated heterocycles. The Kier molecular flexibility index (Phi) is 5.57. The van der Waals surface area contributed by atoms with Crippen LogP contribution < -0.4 is 16.7 Å². The quantitative estimate of drug-likeness (QED) is 0.635. The molecular formula is C15H14BF2NO2S. The highest BCUT2D eigenvalue weighted by molar-refractivity contribution is 7.80. The van der Waals surface area contributed by atoms with E-state index in [2.05, 4.69) is 12.6 Å². The summed E-state index contributed by atoms with van der Waals surface area (Å²) < 4.78 is 31.5. The molecule has 0 bridgehead atoms. The van der Waals surface area contributed by atoms with Gasteiger partial charge in [-0.3, -0.25) is 4.79 Å². The third-order valence-corrected chi connectivity index (χ3v) is 3.47. The molecule has 0 aromatic heterocycles. The third kappa shape index (κ3) is 4.08. The van der Waals surface area contributed by atoms with Gasteiger partial charge in [0.25, 0.3) is 0 Å². The van der Waals surface area contributed by atoms with Crippen molar-refractivity contribution >= 4 is 36.4 Å². The molecular weight excluding hydrogens is 307 g/mol. The van der Waals surface area contributed by atoms with E-state index in [9.17, 15) is 13.6 Å². The number of hydrogen-bond donors (Lipinski definition) is 2. The van der Waals surface area contributed by atoms with Gasteiger partial charge < -0.3 is 10.4 Å². The smallest absolute Gasteiger partial charge is 0.429 e. The van der Waals surface area contributed by atoms with Gasteiger partial charge in [0.1, 0.15) is 17.7 Å². The zero-order valence-corrected chi connectivity index (χ0v) is 12.5. The van der Waals surface area contributed by atoms with Gasteiger partial charge in [-0.2, -0.15) is 12.6 Å². The van der Waals surface area contributed by atoms with Crippen molar-refractivity contribution in [3.63, 3.8) is 0 Å². The monoisotopic (exact) mass is 321 g/mol. The minimum Gasteiger partial charge on any atom is -0.525 e. The van der Waals surface area contributed by atoms with Crippen LogP contribution in [0.1, 0.15) is 0 Å². The summed E-state index contributed by atoms with van der Waals surface area (Å²) in [6, 6.07) is 10.2. The van der Waals surface area contributed by atoms with E-state index in [1.54, 1.807) is 0 Å². The molecule has 0 amide bonds. The van der Waals surface area contributed by atoms with E-state index >= 15 is 0 Å². The van der Waals surface area contributed by atoms with E-state index in [0.717, 1.165) is 0 Å². The van der Waals surface area contributed by atoms with Crippen molar-refractivity contribution in [2.45, 2.75) is 6.04 Å². The van der Waals surface area contributed by atoms with E-state index in [1.807, 2.05) is 0 Å². The summed E-state index contributed by atoms with van der Waals surface area (Å²) in [5.74, 6) is -1.30. The summed E-state index contributed by atoms with van der Waals surface area (Å²) in [7, 11) is 0. The first-order valence-electron chi connectivity index (χ1n) is 6.59. The molecule has 0 aliphatic heterocycles. The van der Waals surface area contributed by atoms with E-state index in [4.69, 9.17) is 10.4 Å². The fourth-order valence-electron chi connectivity index (χ4n) is 1.88. The molecule has 22 heavy (non-hydrogen) atoms. The standard InChI is InChI=1S/C15H14BF2NO2S/c17-12-5-1-10(2-6-12)16(21-15(20)14(19)9-22)11-3-7-13(18)8-4-11/h1-8,14,22H,9,19H2/t14-/m0/s1. The second kappa shape index (κ2) is 7.42. The highest BCUT2D eigenvalue weighted by Gasteiger charge is 2.28. The second-order valence-corrected chi connectivity index (χ2v) is 5.07. The van der Waals surface area contributed by atoms with Crippen LogP contribution in [0.2, 0.25) is 0 Å². The molecule has 2 aromatic carbocycles. The normalized spacial score (nSPS) is 11.8. The maximum atomic E-state index is 13.1. The number of rotatable bonds is 5. The van der Waals surface area contributed by atoms with Crippen LogP contribution in [0.15, 0.2) is 48.5 Å².